The zero-order chi connectivity index (χ0) is 12.7. The van der Waals surface area contributed by atoms with E-state index in [1.807, 2.05) is 0 Å². The molecule has 0 radical (unpaired) electrons. The minimum atomic E-state index is -3.32. The van der Waals surface area contributed by atoms with E-state index < -0.39 is 20.6 Å². The molecule has 2 N–H and O–H groups in total. The largest absolute Gasteiger partial charge is 0.379 e. The number of sulfone groups is 1. The molecule has 0 saturated carbocycles. The Morgan fingerprint density at radius 2 is 1.88 bits per heavy atom. The molecule has 0 spiro atoms. The molecule has 0 unspecified atom stereocenters. The van der Waals surface area contributed by atoms with Gasteiger partial charge in [0.15, 0.2) is 9.84 Å². The zero-order valence-electron chi connectivity index (χ0n) is 10.0. The smallest absolute Gasteiger partial charge is 0.186 e. The summed E-state index contributed by atoms with van der Waals surface area (Å²) in [5.41, 5.74) is 6.00. The van der Waals surface area contributed by atoms with Crippen molar-refractivity contribution in [1.82, 2.24) is 0 Å². The SMILES string of the molecule is CC(C)(N)c1ccccc1S(=O)(=O)C1COC1. The minimum absolute atomic E-state index is 0.279. The van der Waals surface area contributed by atoms with Gasteiger partial charge < -0.3 is 10.5 Å². The van der Waals surface area contributed by atoms with Crippen molar-refractivity contribution in [2.75, 3.05) is 13.2 Å². The van der Waals surface area contributed by atoms with Crippen LogP contribution in [0, 0.1) is 0 Å². The highest BCUT2D eigenvalue weighted by Crippen LogP contribution is 2.29. The first-order valence-electron chi connectivity index (χ1n) is 5.53. The lowest BCUT2D eigenvalue weighted by molar-refractivity contribution is 0.0415. The zero-order valence-corrected chi connectivity index (χ0v) is 10.8. The Hall–Kier alpha value is -0.910. The number of nitrogens with two attached hydrogens (primary N) is 1. The van der Waals surface area contributed by atoms with E-state index in [0.717, 1.165) is 0 Å². The van der Waals surface area contributed by atoms with E-state index in [4.69, 9.17) is 10.5 Å². The van der Waals surface area contributed by atoms with Gasteiger partial charge in [-0.1, -0.05) is 18.2 Å². The number of benzene rings is 1. The van der Waals surface area contributed by atoms with E-state index in [1.165, 1.54) is 0 Å². The highest BCUT2D eigenvalue weighted by molar-refractivity contribution is 7.92. The number of hydrogen-bond donors (Lipinski definition) is 1. The van der Waals surface area contributed by atoms with E-state index in [1.54, 1.807) is 38.1 Å². The average Bonchev–Trinajstić information content (AvgIpc) is 2.13. The van der Waals surface area contributed by atoms with Gasteiger partial charge in [0.25, 0.3) is 0 Å². The van der Waals surface area contributed by atoms with Crippen molar-refractivity contribution in [1.29, 1.82) is 0 Å². The fourth-order valence-electron chi connectivity index (χ4n) is 1.82. The summed E-state index contributed by atoms with van der Waals surface area (Å²) >= 11 is 0. The molecule has 1 aliphatic heterocycles. The molecule has 17 heavy (non-hydrogen) atoms. The van der Waals surface area contributed by atoms with Crippen molar-refractivity contribution in [2.24, 2.45) is 5.73 Å². The van der Waals surface area contributed by atoms with Crippen LogP contribution in [-0.2, 0) is 20.1 Å². The van der Waals surface area contributed by atoms with Crippen molar-refractivity contribution in [3.05, 3.63) is 29.8 Å². The molecule has 1 aromatic carbocycles. The fraction of sp³-hybridized carbons (Fsp3) is 0.500. The van der Waals surface area contributed by atoms with E-state index in [0.29, 0.717) is 10.5 Å². The number of ether oxygens (including phenoxy) is 1. The van der Waals surface area contributed by atoms with Gasteiger partial charge in [-0.3, -0.25) is 0 Å². The number of hydrogen-bond acceptors (Lipinski definition) is 4. The molecule has 2 rings (SSSR count). The highest BCUT2D eigenvalue weighted by Gasteiger charge is 2.36. The van der Waals surface area contributed by atoms with E-state index in [-0.39, 0.29) is 13.2 Å². The van der Waals surface area contributed by atoms with E-state index >= 15 is 0 Å². The summed E-state index contributed by atoms with van der Waals surface area (Å²) in [5.74, 6) is 0. The molecule has 0 atom stereocenters. The van der Waals surface area contributed by atoms with Gasteiger partial charge >= 0.3 is 0 Å². The molecule has 1 fully saturated rings. The van der Waals surface area contributed by atoms with Crippen LogP contribution in [0.3, 0.4) is 0 Å². The first-order chi connectivity index (χ1) is 7.83. The van der Waals surface area contributed by atoms with Gasteiger partial charge in [0.2, 0.25) is 0 Å². The standard InChI is InChI=1S/C12H17NO3S/c1-12(2,13)10-5-3-4-6-11(10)17(14,15)9-7-16-8-9/h3-6,9H,7-8,13H2,1-2H3. The molecule has 0 aliphatic carbocycles. The summed E-state index contributed by atoms with van der Waals surface area (Å²) in [6.07, 6.45) is 0. The predicted octanol–water partition coefficient (Wildman–Crippen LogP) is 1.05. The maximum absolute atomic E-state index is 12.3. The monoisotopic (exact) mass is 255 g/mol. The fourth-order valence-corrected chi connectivity index (χ4v) is 3.64. The van der Waals surface area contributed by atoms with Crippen LogP contribution in [0.1, 0.15) is 19.4 Å². The second-order valence-corrected chi connectivity index (χ2v) is 7.12. The molecule has 1 aromatic rings. The summed E-state index contributed by atoms with van der Waals surface area (Å²) < 4.78 is 29.7. The Morgan fingerprint density at radius 1 is 1.29 bits per heavy atom. The van der Waals surface area contributed by atoms with Gasteiger partial charge in [-0.25, -0.2) is 8.42 Å². The van der Waals surface area contributed by atoms with Crippen LogP contribution in [0.2, 0.25) is 0 Å². The second-order valence-electron chi connectivity index (χ2n) is 4.92. The van der Waals surface area contributed by atoms with E-state index in [2.05, 4.69) is 0 Å². The maximum atomic E-state index is 12.3. The highest BCUT2D eigenvalue weighted by atomic mass is 32.2. The van der Waals surface area contributed by atoms with Crippen LogP contribution < -0.4 is 5.73 Å². The molecule has 1 saturated heterocycles. The molecule has 1 aliphatic rings. The van der Waals surface area contributed by atoms with Crippen LogP contribution in [0.25, 0.3) is 0 Å². The Balaban J connectivity index is 2.52. The van der Waals surface area contributed by atoms with E-state index in [9.17, 15) is 8.42 Å². The first kappa shape index (κ1) is 12.5. The molecule has 0 bridgehead atoms. The first-order valence-corrected chi connectivity index (χ1v) is 7.08. The molecule has 0 aromatic heterocycles. The lowest BCUT2D eigenvalue weighted by Crippen LogP contribution is -2.42. The minimum Gasteiger partial charge on any atom is -0.379 e. The lowest BCUT2D eigenvalue weighted by Gasteiger charge is -2.29. The average molecular weight is 255 g/mol. The van der Waals surface area contributed by atoms with Crippen molar-refractivity contribution >= 4 is 9.84 Å². The number of rotatable bonds is 3. The predicted molar refractivity (Wildman–Crippen MR) is 65.4 cm³/mol. The van der Waals surface area contributed by atoms with Crippen LogP contribution in [0.4, 0.5) is 0 Å². The Labute approximate surface area is 102 Å². The van der Waals surface area contributed by atoms with Gasteiger partial charge in [-0.05, 0) is 25.5 Å². The van der Waals surface area contributed by atoms with Crippen molar-refractivity contribution in [3.8, 4) is 0 Å². The summed E-state index contributed by atoms with van der Waals surface area (Å²) in [6, 6.07) is 6.92. The van der Waals surface area contributed by atoms with Crippen molar-refractivity contribution in [2.45, 2.75) is 29.5 Å². The third-order valence-corrected chi connectivity index (χ3v) is 5.05. The summed E-state index contributed by atoms with van der Waals surface area (Å²) in [7, 11) is -3.32. The van der Waals surface area contributed by atoms with Crippen molar-refractivity contribution < 1.29 is 13.2 Å². The molecule has 1 heterocycles. The third-order valence-electron chi connectivity index (χ3n) is 2.93. The van der Waals surface area contributed by atoms with Gasteiger partial charge in [0, 0.05) is 5.54 Å². The second kappa shape index (κ2) is 4.08. The molecule has 5 heteroatoms. The molecular weight excluding hydrogens is 238 g/mol. The molecule has 94 valence electrons. The lowest BCUT2D eigenvalue weighted by atomic mass is 9.96. The molecule has 0 amide bonds. The normalized spacial score (nSPS) is 17.8. The molecule has 4 nitrogen and oxygen atoms in total. The van der Waals surface area contributed by atoms with Gasteiger partial charge in [-0.2, -0.15) is 0 Å². The van der Waals surface area contributed by atoms with Gasteiger partial charge in [-0.15, -0.1) is 0 Å². The topological polar surface area (TPSA) is 69.4 Å². The Bertz CT molecular complexity index is 513. The Kier molecular flexibility index (Phi) is 3.01. The van der Waals surface area contributed by atoms with Crippen LogP contribution in [0.5, 0.6) is 0 Å². The summed E-state index contributed by atoms with van der Waals surface area (Å²) in [4.78, 5) is 0.334. The van der Waals surface area contributed by atoms with Crippen LogP contribution in [-0.4, -0.2) is 26.9 Å². The summed E-state index contributed by atoms with van der Waals surface area (Å²) in [5, 5.41) is -0.425. The molecular formula is C12H17NO3S. The van der Waals surface area contributed by atoms with Crippen LogP contribution >= 0.6 is 0 Å². The van der Waals surface area contributed by atoms with Gasteiger partial charge in [0.05, 0.1) is 18.1 Å². The Morgan fingerprint density at radius 3 is 2.35 bits per heavy atom. The third kappa shape index (κ3) is 2.22. The van der Waals surface area contributed by atoms with Crippen molar-refractivity contribution in [3.63, 3.8) is 0 Å². The summed E-state index contributed by atoms with van der Waals surface area (Å²) in [6.45, 7) is 4.17. The quantitative estimate of drug-likeness (QED) is 0.876. The maximum Gasteiger partial charge on any atom is 0.186 e. The van der Waals surface area contributed by atoms with Gasteiger partial charge in [0.1, 0.15) is 5.25 Å². The van der Waals surface area contributed by atoms with Crippen LogP contribution in [0.15, 0.2) is 29.2 Å².